The maximum absolute atomic E-state index is 13.8. The number of nitrogens with one attached hydrogen (secondary N) is 1. The van der Waals surface area contributed by atoms with E-state index >= 15 is 0 Å². The Morgan fingerprint density at radius 1 is 0.917 bits per heavy atom. The Labute approximate surface area is 208 Å². The number of pyridine rings is 1. The van der Waals surface area contributed by atoms with Crippen molar-refractivity contribution in [2.75, 3.05) is 12.4 Å². The van der Waals surface area contributed by atoms with Gasteiger partial charge in [0.05, 0.1) is 29.4 Å². The number of aromatic nitrogens is 1. The van der Waals surface area contributed by atoms with Crippen LogP contribution in [-0.4, -0.2) is 40.8 Å². The van der Waals surface area contributed by atoms with Crippen LogP contribution >= 0.6 is 0 Å². The van der Waals surface area contributed by atoms with Crippen molar-refractivity contribution >= 4 is 34.3 Å². The van der Waals surface area contributed by atoms with Crippen molar-refractivity contribution < 1.29 is 19.1 Å². The molecule has 1 aliphatic heterocycles. The lowest BCUT2D eigenvalue weighted by Crippen LogP contribution is -2.51. The molecule has 7 nitrogen and oxygen atoms in total. The molecule has 0 spiro atoms. The van der Waals surface area contributed by atoms with E-state index in [1.807, 2.05) is 55.5 Å². The molecule has 2 atom stereocenters. The first-order chi connectivity index (χ1) is 17.5. The number of rotatable bonds is 7. The number of methoxy groups -OCH3 is 1. The van der Waals surface area contributed by atoms with Crippen LogP contribution in [0.1, 0.15) is 33.2 Å². The molecule has 0 unspecified atom stereocenters. The minimum Gasteiger partial charge on any atom is -0.497 e. The Hall–Kier alpha value is -4.52. The molecule has 180 valence electrons. The molecule has 0 saturated heterocycles. The summed E-state index contributed by atoms with van der Waals surface area (Å²) in [5.41, 5.74) is 2.74. The molecular formula is C29H25N3O4. The van der Waals surface area contributed by atoms with Crippen LogP contribution in [-0.2, 0) is 11.2 Å². The van der Waals surface area contributed by atoms with E-state index in [0.717, 1.165) is 21.6 Å². The van der Waals surface area contributed by atoms with Gasteiger partial charge in [-0.1, -0.05) is 49.4 Å². The molecule has 7 heteroatoms. The summed E-state index contributed by atoms with van der Waals surface area (Å²) in [6.45, 7) is 1.87. The molecule has 3 aromatic carbocycles. The Bertz CT molecular complexity index is 1420. The molecule has 0 aliphatic carbocycles. The molecule has 1 aliphatic rings. The third kappa shape index (κ3) is 4.20. The predicted molar refractivity (Wildman–Crippen MR) is 137 cm³/mol. The average molecular weight is 480 g/mol. The third-order valence-corrected chi connectivity index (χ3v) is 6.52. The van der Waals surface area contributed by atoms with Crippen LogP contribution in [0, 0.1) is 5.92 Å². The molecule has 3 amide bonds. The smallest absolute Gasteiger partial charge is 0.262 e. The van der Waals surface area contributed by atoms with Crippen LogP contribution in [0.25, 0.3) is 10.9 Å². The quantitative estimate of drug-likeness (QED) is 0.387. The third-order valence-electron chi connectivity index (χ3n) is 6.52. The zero-order chi connectivity index (χ0) is 25.2. The monoisotopic (exact) mass is 479 g/mol. The molecule has 0 radical (unpaired) electrons. The number of benzene rings is 3. The van der Waals surface area contributed by atoms with Gasteiger partial charge >= 0.3 is 0 Å². The Balaban J connectivity index is 1.50. The van der Waals surface area contributed by atoms with Gasteiger partial charge in [-0.2, -0.15) is 0 Å². The van der Waals surface area contributed by atoms with E-state index in [1.165, 1.54) is 0 Å². The first-order valence-electron chi connectivity index (χ1n) is 11.7. The Morgan fingerprint density at radius 3 is 2.25 bits per heavy atom. The second-order valence-corrected chi connectivity index (χ2v) is 8.87. The number of carbonyl (C=O) groups is 3. The first kappa shape index (κ1) is 23.2. The standard InChI is InChI=1S/C29H25N3O4/c1-18(17-19-12-14-21(36-2)15-13-19)26(32-28(34)22-9-3-4-10-23(22)29(32)35)27(33)31-24-11-5-7-20-8-6-16-30-25(20)24/h3-16,18,26H,17H2,1-2H3,(H,31,33)/t18-,26+/m1/s1. The van der Waals surface area contributed by atoms with Crippen molar-refractivity contribution in [3.05, 3.63) is 102 Å². The van der Waals surface area contributed by atoms with Crippen molar-refractivity contribution in [3.63, 3.8) is 0 Å². The van der Waals surface area contributed by atoms with Crippen LogP contribution < -0.4 is 10.1 Å². The molecular weight excluding hydrogens is 454 g/mol. The van der Waals surface area contributed by atoms with Gasteiger partial charge in [-0.15, -0.1) is 0 Å². The fraction of sp³-hybridized carbons (Fsp3) is 0.172. The van der Waals surface area contributed by atoms with Crippen molar-refractivity contribution in [1.29, 1.82) is 0 Å². The highest BCUT2D eigenvalue weighted by Gasteiger charge is 2.45. The SMILES string of the molecule is COc1ccc(C[C@@H](C)[C@@H](C(=O)Nc2cccc3cccnc23)N2C(=O)c3ccccc3C2=O)cc1. The van der Waals surface area contributed by atoms with E-state index in [9.17, 15) is 14.4 Å². The summed E-state index contributed by atoms with van der Waals surface area (Å²) < 4.78 is 5.24. The number of amides is 3. The maximum Gasteiger partial charge on any atom is 0.262 e. The Morgan fingerprint density at radius 2 is 1.58 bits per heavy atom. The fourth-order valence-corrected chi connectivity index (χ4v) is 4.75. The molecule has 4 aromatic rings. The van der Waals surface area contributed by atoms with E-state index in [1.54, 1.807) is 43.6 Å². The lowest BCUT2D eigenvalue weighted by molar-refractivity contribution is -0.121. The summed E-state index contributed by atoms with van der Waals surface area (Å²) in [5.74, 6) is -1.02. The summed E-state index contributed by atoms with van der Waals surface area (Å²) in [5, 5.41) is 3.82. The minimum atomic E-state index is -1.03. The normalized spacial score (nSPS) is 14.4. The van der Waals surface area contributed by atoms with Crippen molar-refractivity contribution in [1.82, 2.24) is 9.88 Å². The number of para-hydroxylation sites is 1. The zero-order valence-corrected chi connectivity index (χ0v) is 20.0. The largest absolute Gasteiger partial charge is 0.497 e. The molecule has 0 saturated carbocycles. The second kappa shape index (κ2) is 9.62. The number of hydrogen-bond acceptors (Lipinski definition) is 5. The molecule has 0 fully saturated rings. The maximum atomic E-state index is 13.8. The summed E-state index contributed by atoms with van der Waals surface area (Å²) in [4.78, 5) is 46.0. The van der Waals surface area contributed by atoms with Crippen molar-refractivity contribution in [2.45, 2.75) is 19.4 Å². The number of carbonyl (C=O) groups excluding carboxylic acids is 3. The van der Waals surface area contributed by atoms with E-state index in [2.05, 4.69) is 10.3 Å². The molecule has 36 heavy (non-hydrogen) atoms. The van der Waals surface area contributed by atoms with Gasteiger partial charge in [0.2, 0.25) is 5.91 Å². The van der Waals surface area contributed by atoms with Gasteiger partial charge < -0.3 is 10.1 Å². The number of hydrogen-bond donors (Lipinski definition) is 1. The number of imide groups is 1. The molecule has 1 N–H and O–H groups in total. The van der Waals surface area contributed by atoms with Crippen molar-refractivity contribution in [2.24, 2.45) is 5.92 Å². The molecule has 1 aromatic heterocycles. The van der Waals surface area contributed by atoms with Gasteiger partial charge in [-0.05, 0) is 54.3 Å². The van der Waals surface area contributed by atoms with E-state index < -0.39 is 23.8 Å². The Kier molecular flexibility index (Phi) is 6.21. The van der Waals surface area contributed by atoms with Gasteiger partial charge in [-0.25, -0.2) is 0 Å². The lowest BCUT2D eigenvalue weighted by Gasteiger charge is -2.30. The highest BCUT2D eigenvalue weighted by molar-refractivity contribution is 6.23. The summed E-state index contributed by atoms with van der Waals surface area (Å²) in [6.07, 6.45) is 2.13. The van der Waals surface area contributed by atoms with E-state index in [-0.39, 0.29) is 5.92 Å². The van der Waals surface area contributed by atoms with Gasteiger partial charge in [0.15, 0.2) is 0 Å². The first-order valence-corrected chi connectivity index (χ1v) is 11.7. The topological polar surface area (TPSA) is 88.6 Å². The molecule has 2 heterocycles. The van der Waals surface area contributed by atoms with Crippen molar-refractivity contribution in [3.8, 4) is 5.75 Å². The van der Waals surface area contributed by atoms with Crippen LogP contribution in [0.2, 0.25) is 0 Å². The lowest BCUT2D eigenvalue weighted by atomic mass is 9.91. The minimum absolute atomic E-state index is 0.309. The number of ether oxygens (including phenoxy) is 1. The highest BCUT2D eigenvalue weighted by atomic mass is 16.5. The van der Waals surface area contributed by atoms with Gasteiger partial charge in [0.1, 0.15) is 11.8 Å². The van der Waals surface area contributed by atoms with Gasteiger partial charge in [0.25, 0.3) is 11.8 Å². The predicted octanol–water partition coefficient (Wildman–Crippen LogP) is 4.73. The van der Waals surface area contributed by atoms with Crippen LogP contribution in [0.15, 0.2) is 85.1 Å². The van der Waals surface area contributed by atoms with E-state index in [4.69, 9.17) is 4.74 Å². The van der Waals surface area contributed by atoms with E-state index in [0.29, 0.717) is 28.8 Å². The molecule has 5 rings (SSSR count). The van der Waals surface area contributed by atoms with Crippen LogP contribution in [0.5, 0.6) is 5.75 Å². The van der Waals surface area contributed by atoms with Crippen LogP contribution in [0.4, 0.5) is 5.69 Å². The fourth-order valence-electron chi connectivity index (χ4n) is 4.75. The highest BCUT2D eigenvalue weighted by Crippen LogP contribution is 2.30. The summed E-state index contributed by atoms with van der Waals surface area (Å²) >= 11 is 0. The summed E-state index contributed by atoms with van der Waals surface area (Å²) in [7, 11) is 1.60. The average Bonchev–Trinajstić information content (AvgIpc) is 3.15. The second-order valence-electron chi connectivity index (χ2n) is 8.87. The van der Waals surface area contributed by atoms with Crippen LogP contribution in [0.3, 0.4) is 0 Å². The molecule has 0 bridgehead atoms. The summed E-state index contributed by atoms with van der Waals surface area (Å²) in [6, 6.07) is 22.4. The number of anilines is 1. The number of nitrogens with zero attached hydrogens (tertiary/aromatic N) is 2. The number of fused-ring (bicyclic) bond motifs is 2. The van der Waals surface area contributed by atoms with Gasteiger partial charge in [0, 0.05) is 11.6 Å². The zero-order valence-electron chi connectivity index (χ0n) is 20.0. The van der Waals surface area contributed by atoms with Gasteiger partial charge in [-0.3, -0.25) is 24.3 Å².